The number of alkyl halides is 2. The Labute approximate surface area is 77.1 Å². The fourth-order valence-corrected chi connectivity index (χ4v) is 1.15. The van der Waals surface area contributed by atoms with Crippen LogP contribution >= 0.6 is 11.6 Å². The van der Waals surface area contributed by atoms with Crippen LogP contribution in [0.25, 0.3) is 0 Å². The van der Waals surface area contributed by atoms with E-state index < -0.39 is 22.6 Å². The highest BCUT2D eigenvalue weighted by atomic mass is 35.5. The van der Waals surface area contributed by atoms with Crippen LogP contribution in [0.1, 0.15) is 12.0 Å². The van der Waals surface area contributed by atoms with E-state index >= 15 is 0 Å². The summed E-state index contributed by atoms with van der Waals surface area (Å²) in [7, 11) is 0. The summed E-state index contributed by atoms with van der Waals surface area (Å²) in [5, 5.41) is 10.0. The highest BCUT2D eigenvalue weighted by molar-refractivity contribution is 6.31. The SMILES string of the molecule is O=[N+]([O-])c1cccc(Cl)c1C(F)F. The van der Waals surface area contributed by atoms with Crippen LogP contribution in [0, 0.1) is 10.1 Å². The van der Waals surface area contributed by atoms with Crippen LogP contribution in [0.15, 0.2) is 18.2 Å². The van der Waals surface area contributed by atoms with Crippen molar-refractivity contribution >= 4 is 17.3 Å². The zero-order valence-electron chi connectivity index (χ0n) is 6.21. The number of benzene rings is 1. The number of nitro groups is 1. The Balaban J connectivity index is 3.34. The lowest BCUT2D eigenvalue weighted by molar-refractivity contribution is -0.386. The van der Waals surface area contributed by atoms with Crippen molar-refractivity contribution < 1.29 is 13.7 Å². The molecule has 0 saturated heterocycles. The number of rotatable bonds is 2. The molecule has 0 spiro atoms. The van der Waals surface area contributed by atoms with Crippen molar-refractivity contribution in [2.75, 3.05) is 0 Å². The molecule has 1 aromatic rings. The molecule has 0 fully saturated rings. The van der Waals surface area contributed by atoms with Crippen LogP contribution in [0.3, 0.4) is 0 Å². The van der Waals surface area contributed by atoms with Gasteiger partial charge in [0.1, 0.15) is 5.56 Å². The molecule has 3 nitrogen and oxygen atoms in total. The van der Waals surface area contributed by atoms with Gasteiger partial charge in [0, 0.05) is 6.07 Å². The molecule has 0 radical (unpaired) electrons. The van der Waals surface area contributed by atoms with Crippen molar-refractivity contribution in [2.24, 2.45) is 0 Å². The summed E-state index contributed by atoms with van der Waals surface area (Å²) >= 11 is 5.38. The maximum absolute atomic E-state index is 12.3. The van der Waals surface area contributed by atoms with Gasteiger partial charge in [0.2, 0.25) is 0 Å². The summed E-state index contributed by atoms with van der Waals surface area (Å²) in [6.45, 7) is 0. The van der Waals surface area contributed by atoms with Crippen LogP contribution in [0.4, 0.5) is 14.5 Å². The van der Waals surface area contributed by atoms with Gasteiger partial charge in [-0.25, -0.2) is 8.78 Å². The van der Waals surface area contributed by atoms with E-state index in [1.807, 2.05) is 0 Å². The van der Waals surface area contributed by atoms with Gasteiger partial charge in [-0.3, -0.25) is 10.1 Å². The maximum Gasteiger partial charge on any atom is 0.279 e. The van der Waals surface area contributed by atoms with Crippen molar-refractivity contribution in [3.8, 4) is 0 Å². The zero-order valence-corrected chi connectivity index (χ0v) is 6.96. The Hall–Kier alpha value is -1.23. The minimum Gasteiger partial charge on any atom is -0.258 e. The first-order valence-corrected chi connectivity index (χ1v) is 3.62. The zero-order chi connectivity index (χ0) is 10.0. The lowest BCUT2D eigenvalue weighted by Gasteiger charge is -2.02. The fourth-order valence-electron chi connectivity index (χ4n) is 0.901. The highest BCUT2D eigenvalue weighted by Crippen LogP contribution is 2.34. The third kappa shape index (κ3) is 1.92. The molecule has 70 valence electrons. The first-order valence-electron chi connectivity index (χ1n) is 3.25. The molecule has 0 aromatic heterocycles. The van der Waals surface area contributed by atoms with Gasteiger partial charge in [0.25, 0.3) is 12.1 Å². The minimum atomic E-state index is -2.94. The van der Waals surface area contributed by atoms with Crippen LogP contribution in [-0.2, 0) is 0 Å². The van der Waals surface area contributed by atoms with Crippen molar-refractivity contribution in [1.29, 1.82) is 0 Å². The van der Waals surface area contributed by atoms with E-state index in [1.165, 1.54) is 12.1 Å². The summed E-state index contributed by atoms with van der Waals surface area (Å²) in [5.41, 5.74) is -1.38. The maximum atomic E-state index is 12.3. The molecule has 1 rings (SSSR count). The molecule has 0 N–H and O–H groups in total. The van der Waals surface area contributed by atoms with E-state index in [0.717, 1.165) is 6.07 Å². The third-order valence-electron chi connectivity index (χ3n) is 1.44. The van der Waals surface area contributed by atoms with Gasteiger partial charge in [-0.2, -0.15) is 0 Å². The van der Waals surface area contributed by atoms with E-state index in [1.54, 1.807) is 0 Å². The summed E-state index contributed by atoms with van der Waals surface area (Å²) in [6.07, 6.45) is -2.94. The van der Waals surface area contributed by atoms with Crippen LogP contribution in [-0.4, -0.2) is 4.92 Å². The Kier molecular flexibility index (Phi) is 2.77. The first-order chi connectivity index (χ1) is 6.04. The average Bonchev–Trinajstić information content (AvgIpc) is 2.02. The third-order valence-corrected chi connectivity index (χ3v) is 1.77. The summed E-state index contributed by atoms with van der Waals surface area (Å²) in [6, 6.07) is 3.44. The fraction of sp³-hybridized carbons (Fsp3) is 0.143. The Morgan fingerprint density at radius 1 is 1.46 bits per heavy atom. The molecule has 0 heterocycles. The van der Waals surface area contributed by atoms with E-state index in [-0.39, 0.29) is 5.02 Å². The molecular formula is C7H4ClF2NO2. The standard InChI is InChI=1S/C7H4ClF2NO2/c8-4-2-1-3-5(11(12)13)6(4)7(9)10/h1-3,7H. The molecular weight excluding hydrogens is 204 g/mol. The molecule has 0 bridgehead atoms. The Bertz CT molecular complexity index is 343. The summed E-state index contributed by atoms with van der Waals surface area (Å²) in [5.74, 6) is 0. The van der Waals surface area contributed by atoms with Crippen LogP contribution < -0.4 is 0 Å². The lowest BCUT2D eigenvalue weighted by atomic mass is 10.2. The summed E-state index contributed by atoms with van der Waals surface area (Å²) in [4.78, 5) is 9.41. The number of hydrogen-bond acceptors (Lipinski definition) is 2. The van der Waals surface area contributed by atoms with Gasteiger partial charge >= 0.3 is 0 Å². The molecule has 0 aliphatic heterocycles. The van der Waals surface area contributed by atoms with Gasteiger partial charge < -0.3 is 0 Å². The van der Waals surface area contributed by atoms with Crippen molar-refractivity contribution in [1.82, 2.24) is 0 Å². The van der Waals surface area contributed by atoms with E-state index in [9.17, 15) is 18.9 Å². The van der Waals surface area contributed by atoms with E-state index in [4.69, 9.17) is 11.6 Å². The predicted molar refractivity (Wildman–Crippen MR) is 43.1 cm³/mol. The molecule has 6 heteroatoms. The quantitative estimate of drug-likeness (QED) is 0.552. The van der Waals surface area contributed by atoms with Gasteiger partial charge in [-0.15, -0.1) is 0 Å². The number of nitro benzene ring substituents is 1. The normalized spacial score (nSPS) is 10.5. The smallest absolute Gasteiger partial charge is 0.258 e. The average molecular weight is 208 g/mol. The molecule has 0 amide bonds. The van der Waals surface area contributed by atoms with E-state index in [0.29, 0.717) is 0 Å². The Morgan fingerprint density at radius 3 is 2.46 bits per heavy atom. The van der Waals surface area contributed by atoms with Gasteiger partial charge in [-0.05, 0) is 6.07 Å². The first kappa shape index (κ1) is 9.85. The number of halogens is 3. The van der Waals surface area contributed by atoms with Gasteiger partial charge in [0.15, 0.2) is 0 Å². The molecule has 0 aliphatic rings. The van der Waals surface area contributed by atoms with Gasteiger partial charge in [-0.1, -0.05) is 17.7 Å². The topological polar surface area (TPSA) is 43.1 Å². The lowest BCUT2D eigenvalue weighted by Crippen LogP contribution is -1.96. The van der Waals surface area contributed by atoms with Crippen LogP contribution in [0.5, 0.6) is 0 Å². The Morgan fingerprint density at radius 2 is 2.08 bits per heavy atom. The van der Waals surface area contributed by atoms with Crippen molar-refractivity contribution in [3.05, 3.63) is 38.9 Å². The number of nitrogens with zero attached hydrogens (tertiary/aromatic N) is 1. The molecule has 1 aromatic carbocycles. The number of hydrogen-bond donors (Lipinski definition) is 0. The second-order valence-corrected chi connectivity index (χ2v) is 2.64. The van der Waals surface area contributed by atoms with Gasteiger partial charge in [0.05, 0.1) is 9.95 Å². The monoisotopic (exact) mass is 207 g/mol. The largest absolute Gasteiger partial charge is 0.279 e. The van der Waals surface area contributed by atoms with Crippen molar-refractivity contribution in [3.63, 3.8) is 0 Å². The van der Waals surface area contributed by atoms with E-state index in [2.05, 4.69) is 0 Å². The molecule has 0 aliphatic carbocycles. The second-order valence-electron chi connectivity index (χ2n) is 2.23. The molecule has 0 atom stereocenters. The minimum absolute atomic E-state index is 0.288. The summed E-state index contributed by atoms with van der Waals surface area (Å²) < 4.78 is 24.5. The van der Waals surface area contributed by atoms with Crippen LogP contribution in [0.2, 0.25) is 5.02 Å². The molecule has 0 saturated carbocycles. The van der Waals surface area contributed by atoms with Crippen molar-refractivity contribution in [2.45, 2.75) is 6.43 Å². The predicted octanol–water partition coefficient (Wildman–Crippen LogP) is 3.19. The second kappa shape index (κ2) is 3.66. The highest BCUT2D eigenvalue weighted by Gasteiger charge is 2.23. The molecule has 0 unspecified atom stereocenters. The molecule has 13 heavy (non-hydrogen) atoms.